The Morgan fingerprint density at radius 2 is 2.04 bits per heavy atom. The van der Waals surface area contributed by atoms with Gasteiger partial charge in [0.25, 0.3) is 5.56 Å². The van der Waals surface area contributed by atoms with E-state index in [0.29, 0.717) is 5.92 Å². The van der Waals surface area contributed by atoms with Gasteiger partial charge in [-0.1, -0.05) is 20.8 Å². The lowest BCUT2D eigenvalue weighted by Crippen LogP contribution is -2.36. The summed E-state index contributed by atoms with van der Waals surface area (Å²) in [5.74, 6) is 0.534. The molecule has 0 atom stereocenters. The highest BCUT2D eigenvalue weighted by molar-refractivity contribution is 7.15. The van der Waals surface area contributed by atoms with Gasteiger partial charge in [0.15, 0.2) is 4.96 Å². The van der Waals surface area contributed by atoms with E-state index in [1.54, 1.807) is 28.3 Å². The molecular formula is C20H27N5OS. The van der Waals surface area contributed by atoms with Crippen LogP contribution in [-0.4, -0.2) is 36.9 Å². The molecule has 1 aliphatic rings. The maximum atomic E-state index is 12.4. The molecule has 27 heavy (non-hydrogen) atoms. The van der Waals surface area contributed by atoms with Gasteiger partial charge in [0.2, 0.25) is 0 Å². The fraction of sp³-hybridized carbons (Fsp3) is 0.550. The van der Waals surface area contributed by atoms with Crippen molar-refractivity contribution in [3.63, 3.8) is 0 Å². The highest BCUT2D eigenvalue weighted by Gasteiger charge is 2.22. The van der Waals surface area contributed by atoms with Gasteiger partial charge in [-0.25, -0.2) is 9.97 Å². The first-order valence-corrected chi connectivity index (χ1v) is 10.5. The molecular weight excluding hydrogens is 358 g/mol. The summed E-state index contributed by atoms with van der Waals surface area (Å²) in [4.78, 5) is 25.1. The van der Waals surface area contributed by atoms with E-state index in [4.69, 9.17) is 0 Å². The summed E-state index contributed by atoms with van der Waals surface area (Å²) in [6.07, 6.45) is 8.12. The Bertz CT molecular complexity index is 944. The average molecular weight is 386 g/mol. The first-order chi connectivity index (χ1) is 12.9. The van der Waals surface area contributed by atoms with Gasteiger partial charge in [0, 0.05) is 42.3 Å². The van der Waals surface area contributed by atoms with E-state index in [0.717, 1.165) is 55.4 Å². The topological polar surface area (TPSA) is 55.4 Å². The molecule has 4 heterocycles. The molecule has 4 rings (SSSR count). The molecule has 144 valence electrons. The molecule has 7 heteroatoms. The third kappa shape index (κ3) is 4.14. The van der Waals surface area contributed by atoms with Crippen LogP contribution >= 0.6 is 11.3 Å². The average Bonchev–Trinajstić information content (AvgIpc) is 3.19. The van der Waals surface area contributed by atoms with Gasteiger partial charge in [0.1, 0.15) is 0 Å². The molecule has 3 aromatic heterocycles. The third-order valence-corrected chi connectivity index (χ3v) is 6.11. The minimum Gasteiger partial charge on any atom is -0.299 e. The van der Waals surface area contributed by atoms with E-state index in [9.17, 15) is 4.79 Å². The fourth-order valence-electron chi connectivity index (χ4n) is 3.66. The van der Waals surface area contributed by atoms with E-state index < -0.39 is 0 Å². The van der Waals surface area contributed by atoms with Gasteiger partial charge >= 0.3 is 0 Å². The number of nitrogens with zero attached hydrogens (tertiary/aromatic N) is 5. The molecule has 6 nitrogen and oxygen atoms in total. The van der Waals surface area contributed by atoms with Crippen molar-refractivity contribution in [3.8, 4) is 0 Å². The fourth-order valence-corrected chi connectivity index (χ4v) is 4.38. The lowest BCUT2D eigenvalue weighted by atomic mass is 9.92. The number of fused-ring (bicyclic) bond motifs is 1. The van der Waals surface area contributed by atoms with Crippen LogP contribution in [0.4, 0.5) is 0 Å². The van der Waals surface area contributed by atoms with Crippen LogP contribution in [-0.2, 0) is 18.5 Å². The maximum absolute atomic E-state index is 12.4. The molecule has 0 spiro atoms. The molecule has 0 aromatic carbocycles. The molecule has 0 aliphatic carbocycles. The minimum atomic E-state index is -0.0921. The molecule has 0 amide bonds. The molecule has 0 N–H and O–H groups in total. The first kappa shape index (κ1) is 18.4. The predicted molar refractivity (Wildman–Crippen MR) is 108 cm³/mol. The van der Waals surface area contributed by atoms with Gasteiger partial charge < -0.3 is 0 Å². The second-order valence-electron chi connectivity index (χ2n) is 8.56. The highest BCUT2D eigenvalue weighted by atomic mass is 32.1. The van der Waals surface area contributed by atoms with Crippen LogP contribution in [0, 0.1) is 5.92 Å². The number of rotatable bonds is 4. The largest absolute Gasteiger partial charge is 0.299 e. The van der Waals surface area contributed by atoms with Crippen LogP contribution < -0.4 is 5.56 Å². The molecule has 1 fully saturated rings. The van der Waals surface area contributed by atoms with E-state index in [2.05, 4.69) is 57.8 Å². The second kappa shape index (κ2) is 7.20. The number of hydrogen-bond donors (Lipinski definition) is 0. The number of likely N-dealkylation sites (tertiary alicyclic amines) is 1. The molecule has 1 saturated heterocycles. The summed E-state index contributed by atoms with van der Waals surface area (Å²) >= 11 is 1.67. The van der Waals surface area contributed by atoms with Gasteiger partial charge in [0.05, 0.1) is 17.7 Å². The standard InChI is InChI=1S/C20H27N5OS/c1-20(2,3)17-10-18(26)25(14-21-17)11-15-4-6-23(7-5-15)12-16-13-24-8-9-27-19(24)22-16/h8-10,13-15H,4-7,11-12H2,1-3H3. The number of imidazole rings is 1. The zero-order valence-electron chi connectivity index (χ0n) is 16.3. The molecule has 1 aliphatic heterocycles. The van der Waals surface area contributed by atoms with E-state index in [1.807, 2.05) is 0 Å². The summed E-state index contributed by atoms with van der Waals surface area (Å²) in [7, 11) is 0. The van der Waals surface area contributed by atoms with Crippen molar-refractivity contribution in [3.05, 3.63) is 51.9 Å². The van der Waals surface area contributed by atoms with Gasteiger partial charge in [-0.2, -0.15) is 0 Å². The third-order valence-electron chi connectivity index (χ3n) is 5.34. The monoisotopic (exact) mass is 385 g/mol. The van der Waals surface area contributed by atoms with Crippen molar-refractivity contribution in [2.24, 2.45) is 5.92 Å². The van der Waals surface area contributed by atoms with E-state index >= 15 is 0 Å². The Morgan fingerprint density at radius 3 is 2.70 bits per heavy atom. The van der Waals surface area contributed by atoms with Crippen LogP contribution in [0.1, 0.15) is 45.0 Å². The number of piperidine rings is 1. The van der Waals surface area contributed by atoms with Gasteiger partial charge in [-0.05, 0) is 31.8 Å². The lowest BCUT2D eigenvalue weighted by molar-refractivity contribution is 0.165. The van der Waals surface area contributed by atoms with Crippen molar-refractivity contribution in [1.29, 1.82) is 0 Å². The lowest BCUT2D eigenvalue weighted by Gasteiger charge is -2.31. The van der Waals surface area contributed by atoms with Crippen molar-refractivity contribution in [1.82, 2.24) is 23.8 Å². The Balaban J connectivity index is 1.33. The molecule has 0 unspecified atom stereocenters. The first-order valence-electron chi connectivity index (χ1n) is 9.59. The zero-order chi connectivity index (χ0) is 19.0. The van der Waals surface area contributed by atoms with Gasteiger partial charge in [-0.3, -0.25) is 18.7 Å². The molecule has 0 radical (unpaired) electrons. The van der Waals surface area contributed by atoms with E-state index in [1.165, 1.54) is 0 Å². The van der Waals surface area contributed by atoms with Crippen LogP contribution in [0.2, 0.25) is 0 Å². The number of hydrogen-bond acceptors (Lipinski definition) is 5. The summed E-state index contributed by atoms with van der Waals surface area (Å²) in [6.45, 7) is 10.0. The van der Waals surface area contributed by atoms with Crippen molar-refractivity contribution in [2.45, 2.75) is 52.1 Å². The Labute approximate surface area is 163 Å². The minimum absolute atomic E-state index is 0.0652. The predicted octanol–water partition coefficient (Wildman–Crippen LogP) is 3.16. The number of thiazole rings is 1. The molecule has 0 bridgehead atoms. The SMILES string of the molecule is CC(C)(C)c1cc(=O)n(CC2CCN(Cc3cn4ccsc4n3)CC2)cn1. The Hall–Kier alpha value is -1.99. The maximum Gasteiger partial charge on any atom is 0.253 e. The van der Waals surface area contributed by atoms with Crippen molar-refractivity contribution >= 4 is 16.3 Å². The van der Waals surface area contributed by atoms with Crippen LogP contribution in [0.5, 0.6) is 0 Å². The van der Waals surface area contributed by atoms with Crippen molar-refractivity contribution < 1.29 is 0 Å². The Kier molecular flexibility index (Phi) is 4.90. The summed E-state index contributed by atoms with van der Waals surface area (Å²) in [5, 5.41) is 2.06. The highest BCUT2D eigenvalue weighted by Crippen LogP contribution is 2.22. The van der Waals surface area contributed by atoms with Crippen LogP contribution in [0.3, 0.4) is 0 Å². The molecule has 0 saturated carbocycles. The summed E-state index contributed by atoms with van der Waals surface area (Å²) in [5.41, 5.74) is 1.97. The smallest absolute Gasteiger partial charge is 0.253 e. The quantitative estimate of drug-likeness (QED) is 0.692. The second-order valence-corrected chi connectivity index (χ2v) is 9.43. The van der Waals surface area contributed by atoms with Crippen molar-refractivity contribution in [2.75, 3.05) is 13.1 Å². The zero-order valence-corrected chi connectivity index (χ0v) is 17.1. The van der Waals surface area contributed by atoms with E-state index in [-0.39, 0.29) is 11.0 Å². The summed E-state index contributed by atoms with van der Waals surface area (Å²) < 4.78 is 3.87. The normalized spacial score (nSPS) is 17.0. The number of aromatic nitrogens is 4. The molecule has 3 aromatic rings. The van der Waals surface area contributed by atoms with Crippen LogP contribution in [0.25, 0.3) is 4.96 Å². The Morgan fingerprint density at radius 1 is 1.26 bits per heavy atom. The van der Waals surface area contributed by atoms with Crippen LogP contribution in [0.15, 0.2) is 35.0 Å². The van der Waals surface area contributed by atoms with Gasteiger partial charge in [-0.15, -0.1) is 11.3 Å². The summed E-state index contributed by atoms with van der Waals surface area (Å²) in [6, 6.07) is 1.69.